The molecule has 0 aromatic heterocycles. The number of rotatable bonds is 33. The Labute approximate surface area is 387 Å². The van der Waals surface area contributed by atoms with Gasteiger partial charge >= 0.3 is 0 Å². The van der Waals surface area contributed by atoms with Crippen molar-refractivity contribution in [1.82, 2.24) is 5.32 Å². The summed E-state index contributed by atoms with van der Waals surface area (Å²) in [6.07, 6.45) is 33.7. The molecule has 1 amide bonds. The summed E-state index contributed by atoms with van der Waals surface area (Å²) in [5, 5.41) is 85.9. The van der Waals surface area contributed by atoms with Crippen molar-refractivity contribution in [3.05, 3.63) is 109 Å². The summed E-state index contributed by atoms with van der Waals surface area (Å²) in [6, 6.07) is -0.941. The maximum atomic E-state index is 13.0. The molecule has 0 spiro atoms. The van der Waals surface area contributed by atoms with Gasteiger partial charge in [0.1, 0.15) is 48.8 Å². The maximum Gasteiger partial charge on any atom is 0.220 e. The highest BCUT2D eigenvalue weighted by Gasteiger charge is 2.50. The lowest BCUT2D eigenvalue weighted by Crippen LogP contribution is -2.65. The molecule has 2 fully saturated rings. The quantitative estimate of drug-likeness (QED) is 0.0299. The van der Waals surface area contributed by atoms with Crippen molar-refractivity contribution in [3.8, 4) is 0 Å². The minimum atomic E-state index is -1.80. The summed E-state index contributed by atoms with van der Waals surface area (Å²) < 4.78 is 22.4. The molecule has 0 aromatic rings. The molecule has 14 heteroatoms. The lowest BCUT2D eigenvalue weighted by Gasteiger charge is -2.46. The molecule has 12 unspecified atom stereocenters. The minimum Gasteiger partial charge on any atom is -0.394 e. The molecule has 0 aromatic carbocycles. The van der Waals surface area contributed by atoms with Crippen molar-refractivity contribution in [1.29, 1.82) is 0 Å². The SMILES string of the molecule is CC/C=C\C/C=C\C/C=C\C/C=C\C/C=C\C/C=C\C/C=C\C/C=C\CCCCC(=O)NC(COC1OC(CO)C(OC2OC(CO)C(O)C(O)C2O)C(O)C1O)C(O)/C=C/CCCC. The van der Waals surface area contributed by atoms with Crippen LogP contribution in [0.5, 0.6) is 0 Å². The van der Waals surface area contributed by atoms with E-state index in [0.29, 0.717) is 6.42 Å². The highest BCUT2D eigenvalue weighted by atomic mass is 16.7. The van der Waals surface area contributed by atoms with Crippen molar-refractivity contribution in [2.75, 3.05) is 19.8 Å². The third-order valence-corrected chi connectivity index (χ3v) is 10.7. The first-order valence-corrected chi connectivity index (χ1v) is 23.6. The van der Waals surface area contributed by atoms with E-state index in [-0.39, 0.29) is 18.9 Å². The molecular formula is C51H81NO13. The molecule has 0 bridgehead atoms. The number of ether oxygens (including phenoxy) is 4. The Balaban J connectivity index is 1.71. The lowest BCUT2D eigenvalue weighted by molar-refractivity contribution is -0.359. The van der Waals surface area contributed by atoms with Crippen LogP contribution >= 0.6 is 0 Å². The molecule has 0 aliphatic carbocycles. The van der Waals surface area contributed by atoms with Crippen molar-refractivity contribution in [2.24, 2.45) is 0 Å². The van der Waals surface area contributed by atoms with Gasteiger partial charge in [-0.3, -0.25) is 4.79 Å². The monoisotopic (exact) mass is 916 g/mol. The smallest absolute Gasteiger partial charge is 0.220 e. The van der Waals surface area contributed by atoms with E-state index in [1.165, 1.54) is 0 Å². The van der Waals surface area contributed by atoms with Gasteiger partial charge in [-0.2, -0.15) is 0 Å². The van der Waals surface area contributed by atoms with Gasteiger partial charge in [0.15, 0.2) is 12.6 Å². The van der Waals surface area contributed by atoms with E-state index >= 15 is 0 Å². The van der Waals surface area contributed by atoms with Crippen LogP contribution in [0.3, 0.4) is 0 Å². The van der Waals surface area contributed by atoms with Gasteiger partial charge in [-0.25, -0.2) is 0 Å². The first-order valence-electron chi connectivity index (χ1n) is 23.6. The van der Waals surface area contributed by atoms with E-state index in [2.05, 4.69) is 109 Å². The van der Waals surface area contributed by atoms with Gasteiger partial charge in [0.05, 0.1) is 32.0 Å². The van der Waals surface area contributed by atoms with Crippen LogP contribution in [0, 0.1) is 0 Å². The fourth-order valence-electron chi connectivity index (χ4n) is 6.82. The highest BCUT2D eigenvalue weighted by Crippen LogP contribution is 2.29. The number of unbranched alkanes of at least 4 members (excludes halogenated alkanes) is 4. The zero-order valence-corrected chi connectivity index (χ0v) is 38.7. The van der Waals surface area contributed by atoms with Crippen molar-refractivity contribution < 1.29 is 64.6 Å². The van der Waals surface area contributed by atoms with Gasteiger partial charge in [-0.15, -0.1) is 0 Å². The van der Waals surface area contributed by atoms with E-state index in [1.807, 2.05) is 13.0 Å². The van der Waals surface area contributed by atoms with Crippen LogP contribution in [0.1, 0.15) is 110 Å². The number of hydrogen-bond acceptors (Lipinski definition) is 13. The van der Waals surface area contributed by atoms with Crippen molar-refractivity contribution in [2.45, 2.75) is 184 Å². The molecule has 2 aliphatic heterocycles. The Morgan fingerprint density at radius 1 is 0.569 bits per heavy atom. The fraction of sp³-hybridized carbons (Fsp3) is 0.627. The number of allylic oxidation sites excluding steroid dienone is 17. The molecule has 368 valence electrons. The Bertz CT molecular complexity index is 1500. The Morgan fingerprint density at radius 3 is 1.55 bits per heavy atom. The molecule has 2 rings (SSSR count). The standard InChI is InChI=1S/C51H81NO13/c1-3-5-7-9-10-11-12-13-14-15-16-17-18-19-20-21-22-23-24-25-26-27-28-29-30-31-33-35-43(56)52-39(40(55)34-32-8-6-4-2)38-62-50-48(61)46(59)49(42(37-54)64-50)65-51-47(60)45(58)44(57)41(36-53)63-51/h5,7,10-11,13-14,16-17,19-20,22-23,25-26,28-29,32,34,39-42,44-51,53-55,57-61H,3-4,6,8-9,12,15,18,21,24,27,30-31,33,35-38H2,1-2H3,(H,52,56)/b7-5-,11-10-,14-13-,17-16-,20-19-,23-22-,26-25-,29-28-,34-32+. The topological polar surface area (TPSA) is 228 Å². The molecule has 12 atom stereocenters. The Kier molecular flexibility index (Phi) is 32.6. The molecule has 14 nitrogen and oxygen atoms in total. The Morgan fingerprint density at radius 2 is 1.05 bits per heavy atom. The zero-order valence-electron chi connectivity index (χ0n) is 38.7. The summed E-state index contributed by atoms with van der Waals surface area (Å²) in [4.78, 5) is 13.0. The van der Waals surface area contributed by atoms with Gasteiger partial charge in [0, 0.05) is 6.42 Å². The third kappa shape index (κ3) is 24.3. The average molecular weight is 916 g/mol. The molecule has 9 N–H and O–H groups in total. The third-order valence-electron chi connectivity index (χ3n) is 10.7. The zero-order chi connectivity index (χ0) is 47.5. The fourth-order valence-corrected chi connectivity index (χ4v) is 6.82. The predicted octanol–water partition coefficient (Wildman–Crippen LogP) is 5.37. The Hall–Kier alpha value is -3.35. The van der Waals surface area contributed by atoms with Crippen LogP contribution in [-0.2, 0) is 23.7 Å². The van der Waals surface area contributed by atoms with Crippen LogP contribution < -0.4 is 5.32 Å². The molecule has 0 saturated carbocycles. The van der Waals surface area contributed by atoms with Gasteiger partial charge in [0.25, 0.3) is 0 Å². The summed E-state index contributed by atoms with van der Waals surface area (Å²) in [7, 11) is 0. The lowest BCUT2D eigenvalue weighted by atomic mass is 9.97. The molecule has 2 aliphatic rings. The van der Waals surface area contributed by atoms with E-state index in [1.54, 1.807) is 6.08 Å². The number of carbonyl (C=O) groups is 1. The van der Waals surface area contributed by atoms with Crippen LogP contribution in [-0.4, -0.2) is 140 Å². The molecular weight excluding hydrogens is 835 g/mol. The average Bonchev–Trinajstić information content (AvgIpc) is 3.30. The normalized spacial score (nSPS) is 28.0. The molecule has 0 radical (unpaired) electrons. The van der Waals surface area contributed by atoms with E-state index in [4.69, 9.17) is 18.9 Å². The van der Waals surface area contributed by atoms with Gasteiger partial charge in [-0.1, -0.05) is 136 Å². The van der Waals surface area contributed by atoms with Crippen LogP contribution in [0.4, 0.5) is 0 Å². The summed E-state index contributed by atoms with van der Waals surface area (Å²) in [6.45, 7) is 2.42. The maximum absolute atomic E-state index is 13.0. The number of carbonyl (C=O) groups excluding carboxylic acids is 1. The first-order chi connectivity index (χ1) is 31.6. The van der Waals surface area contributed by atoms with E-state index in [9.17, 15) is 45.6 Å². The van der Waals surface area contributed by atoms with Crippen LogP contribution in [0.25, 0.3) is 0 Å². The van der Waals surface area contributed by atoms with Gasteiger partial charge < -0.3 is 65.1 Å². The minimum absolute atomic E-state index is 0.216. The molecule has 2 saturated heterocycles. The van der Waals surface area contributed by atoms with E-state index < -0.39 is 86.8 Å². The second kappa shape index (κ2) is 36.7. The number of amides is 1. The predicted molar refractivity (Wildman–Crippen MR) is 253 cm³/mol. The number of nitrogens with one attached hydrogen (secondary N) is 1. The number of aliphatic hydroxyl groups is 8. The largest absolute Gasteiger partial charge is 0.394 e. The van der Waals surface area contributed by atoms with Gasteiger partial charge in [-0.05, 0) is 77.0 Å². The van der Waals surface area contributed by atoms with Crippen LogP contribution in [0.15, 0.2) is 109 Å². The van der Waals surface area contributed by atoms with Crippen molar-refractivity contribution in [3.63, 3.8) is 0 Å². The summed E-state index contributed by atoms with van der Waals surface area (Å²) in [5.74, 6) is -0.299. The summed E-state index contributed by atoms with van der Waals surface area (Å²) in [5.41, 5.74) is 0. The number of aliphatic hydroxyl groups excluding tert-OH is 8. The molecule has 65 heavy (non-hydrogen) atoms. The highest BCUT2D eigenvalue weighted by molar-refractivity contribution is 5.76. The number of hydrogen-bond donors (Lipinski definition) is 9. The van der Waals surface area contributed by atoms with Gasteiger partial charge in [0.2, 0.25) is 5.91 Å². The van der Waals surface area contributed by atoms with Crippen LogP contribution in [0.2, 0.25) is 0 Å². The first kappa shape index (κ1) is 57.8. The molecule has 2 heterocycles. The second-order valence-corrected chi connectivity index (χ2v) is 16.1. The summed E-state index contributed by atoms with van der Waals surface area (Å²) >= 11 is 0. The van der Waals surface area contributed by atoms with E-state index in [0.717, 1.165) is 83.5 Å². The van der Waals surface area contributed by atoms with Crippen molar-refractivity contribution >= 4 is 5.91 Å². The second-order valence-electron chi connectivity index (χ2n) is 16.1.